The quantitative estimate of drug-likeness (QED) is 0.209. The van der Waals surface area contributed by atoms with E-state index in [0.717, 1.165) is 21.2 Å². The summed E-state index contributed by atoms with van der Waals surface area (Å²) in [6, 6.07) is 30.2. The van der Waals surface area contributed by atoms with Gasteiger partial charge in [0.15, 0.2) is 16.7 Å². The number of para-hydroxylation sites is 2. The highest BCUT2D eigenvalue weighted by atomic mass is 32.1. The Balaban J connectivity index is 1.36. The average molecular weight is 559 g/mol. The Hall–Kier alpha value is -5.21. The second-order valence-corrected chi connectivity index (χ2v) is 10.8. The highest BCUT2D eigenvalue weighted by Gasteiger charge is 2.46. The van der Waals surface area contributed by atoms with E-state index in [-0.39, 0.29) is 11.3 Å². The fourth-order valence-corrected chi connectivity index (χ4v) is 6.16. The van der Waals surface area contributed by atoms with Gasteiger partial charge in [0.25, 0.3) is 5.91 Å². The fraction of sp³-hybridized carbons (Fsp3) is 0.0606. The predicted molar refractivity (Wildman–Crippen MR) is 158 cm³/mol. The summed E-state index contributed by atoms with van der Waals surface area (Å²) in [4.78, 5) is 33.8. The van der Waals surface area contributed by atoms with Crippen molar-refractivity contribution in [2.75, 3.05) is 4.90 Å². The number of furan rings is 1. The molecular weight excluding hydrogens is 536 g/mol. The number of aryl methyl sites for hydroxylation is 1. The molecule has 0 radical (unpaired) electrons. The molecule has 41 heavy (non-hydrogen) atoms. The molecule has 4 aromatic carbocycles. The van der Waals surface area contributed by atoms with Crippen molar-refractivity contribution < 1.29 is 23.8 Å². The van der Waals surface area contributed by atoms with E-state index in [0.29, 0.717) is 27.8 Å². The van der Waals surface area contributed by atoms with Gasteiger partial charge in [0.1, 0.15) is 17.1 Å². The third kappa shape index (κ3) is 4.34. The average Bonchev–Trinajstić information content (AvgIpc) is 3.67. The van der Waals surface area contributed by atoms with E-state index in [2.05, 4.69) is 0 Å². The Morgan fingerprint density at radius 2 is 1.71 bits per heavy atom. The Morgan fingerprint density at radius 1 is 0.927 bits per heavy atom. The van der Waals surface area contributed by atoms with Crippen LogP contribution < -0.4 is 9.64 Å². The van der Waals surface area contributed by atoms with Crippen LogP contribution in [-0.4, -0.2) is 21.8 Å². The normalized spacial score (nSPS) is 15.3. The summed E-state index contributed by atoms with van der Waals surface area (Å²) in [5.74, 6) is -0.731. The molecule has 1 N–H and O–H groups in total. The number of carbonyl (C=O) groups is 2. The number of hydrogen-bond acceptors (Lipinski definition) is 7. The van der Waals surface area contributed by atoms with E-state index in [9.17, 15) is 14.7 Å². The van der Waals surface area contributed by atoms with Gasteiger partial charge in [0.2, 0.25) is 5.78 Å². The number of nitrogens with zero attached hydrogens (tertiary/aromatic N) is 2. The second-order valence-electron chi connectivity index (χ2n) is 9.77. The SMILES string of the molecule is Cc1ccc2nc(N3C(=O)C(O)=C(C(=O)c4cc5ccccc5o4)[C@@H]3c3cccc(Oc4ccccc4)c3)sc2c1. The summed E-state index contributed by atoms with van der Waals surface area (Å²) < 4.78 is 12.8. The van der Waals surface area contributed by atoms with Crippen molar-refractivity contribution in [3.63, 3.8) is 0 Å². The number of ketones is 1. The van der Waals surface area contributed by atoms with Crippen LogP contribution in [-0.2, 0) is 4.79 Å². The summed E-state index contributed by atoms with van der Waals surface area (Å²) in [6.07, 6.45) is 0. The molecule has 200 valence electrons. The van der Waals surface area contributed by atoms with Crippen molar-refractivity contribution in [1.29, 1.82) is 0 Å². The Morgan fingerprint density at radius 3 is 2.54 bits per heavy atom. The van der Waals surface area contributed by atoms with Gasteiger partial charge in [-0.05, 0) is 66.6 Å². The van der Waals surface area contributed by atoms with E-state index in [1.54, 1.807) is 36.4 Å². The lowest BCUT2D eigenvalue weighted by atomic mass is 9.95. The molecule has 2 aromatic heterocycles. The van der Waals surface area contributed by atoms with Gasteiger partial charge in [0.05, 0.1) is 21.8 Å². The van der Waals surface area contributed by atoms with Gasteiger partial charge in [-0.2, -0.15) is 0 Å². The van der Waals surface area contributed by atoms with Crippen LogP contribution in [0, 0.1) is 6.92 Å². The number of fused-ring (bicyclic) bond motifs is 2. The van der Waals surface area contributed by atoms with Gasteiger partial charge in [-0.25, -0.2) is 4.98 Å². The maximum Gasteiger partial charge on any atom is 0.296 e. The fourth-order valence-electron chi connectivity index (χ4n) is 5.07. The lowest BCUT2D eigenvalue weighted by Crippen LogP contribution is -2.31. The van der Waals surface area contributed by atoms with Crippen LogP contribution in [0.5, 0.6) is 11.5 Å². The number of aromatic nitrogens is 1. The van der Waals surface area contributed by atoms with Crippen LogP contribution >= 0.6 is 11.3 Å². The molecule has 0 bridgehead atoms. The molecule has 0 aliphatic carbocycles. The zero-order chi connectivity index (χ0) is 28.1. The topological polar surface area (TPSA) is 92.9 Å². The molecule has 0 saturated carbocycles. The number of carbonyl (C=O) groups excluding carboxylic acids is 2. The first-order chi connectivity index (χ1) is 20.0. The minimum absolute atomic E-state index is 0.0315. The van der Waals surface area contributed by atoms with Crippen molar-refractivity contribution in [1.82, 2.24) is 4.98 Å². The third-order valence-electron chi connectivity index (χ3n) is 6.99. The van der Waals surface area contributed by atoms with Crippen molar-refractivity contribution in [3.05, 3.63) is 131 Å². The Labute approximate surface area is 238 Å². The molecule has 3 heterocycles. The van der Waals surface area contributed by atoms with Crippen molar-refractivity contribution in [3.8, 4) is 11.5 Å². The van der Waals surface area contributed by atoms with Gasteiger partial charge in [-0.1, -0.05) is 65.9 Å². The summed E-state index contributed by atoms with van der Waals surface area (Å²) >= 11 is 1.32. The smallest absolute Gasteiger partial charge is 0.296 e. The first-order valence-corrected chi connectivity index (χ1v) is 13.8. The summed E-state index contributed by atoms with van der Waals surface area (Å²) in [7, 11) is 0. The number of ether oxygens (including phenoxy) is 1. The lowest BCUT2D eigenvalue weighted by Gasteiger charge is -2.24. The number of anilines is 1. The molecule has 8 heteroatoms. The van der Waals surface area contributed by atoms with Crippen molar-refractivity contribution in [2.45, 2.75) is 13.0 Å². The molecule has 0 unspecified atom stereocenters. The molecule has 0 spiro atoms. The zero-order valence-electron chi connectivity index (χ0n) is 21.8. The van der Waals surface area contributed by atoms with E-state index in [1.807, 2.05) is 73.7 Å². The van der Waals surface area contributed by atoms with Gasteiger partial charge in [-0.15, -0.1) is 0 Å². The number of amides is 1. The summed E-state index contributed by atoms with van der Waals surface area (Å²) in [5, 5.41) is 12.3. The van der Waals surface area contributed by atoms with Crippen LogP contribution in [0.1, 0.15) is 27.7 Å². The number of benzene rings is 4. The van der Waals surface area contributed by atoms with E-state index < -0.39 is 23.5 Å². The van der Waals surface area contributed by atoms with E-state index in [4.69, 9.17) is 14.1 Å². The lowest BCUT2D eigenvalue weighted by molar-refractivity contribution is -0.117. The molecule has 1 aliphatic heterocycles. The molecule has 1 aliphatic rings. The van der Waals surface area contributed by atoms with E-state index >= 15 is 0 Å². The maximum absolute atomic E-state index is 14.0. The molecule has 0 fully saturated rings. The minimum atomic E-state index is -0.968. The third-order valence-corrected chi connectivity index (χ3v) is 8.01. The van der Waals surface area contributed by atoms with Gasteiger partial charge < -0.3 is 14.3 Å². The second kappa shape index (κ2) is 9.76. The Kier molecular flexibility index (Phi) is 5.91. The number of rotatable bonds is 6. The van der Waals surface area contributed by atoms with Crippen LogP contribution in [0.15, 0.2) is 119 Å². The highest BCUT2D eigenvalue weighted by molar-refractivity contribution is 7.22. The van der Waals surface area contributed by atoms with Crippen LogP contribution in [0.25, 0.3) is 21.2 Å². The molecule has 7 nitrogen and oxygen atoms in total. The van der Waals surface area contributed by atoms with Crippen LogP contribution in [0.2, 0.25) is 0 Å². The number of Topliss-reactive ketones (excluding diaryl/α,β-unsaturated/α-hetero) is 1. The van der Waals surface area contributed by atoms with Crippen LogP contribution in [0.4, 0.5) is 5.13 Å². The first-order valence-electron chi connectivity index (χ1n) is 13.0. The van der Waals surface area contributed by atoms with E-state index in [1.165, 1.54) is 16.2 Å². The predicted octanol–water partition coefficient (Wildman–Crippen LogP) is 7.93. The molecule has 1 amide bonds. The number of aliphatic hydroxyl groups excluding tert-OH is 1. The minimum Gasteiger partial charge on any atom is -0.503 e. The molecule has 6 aromatic rings. The number of aliphatic hydroxyl groups is 1. The van der Waals surface area contributed by atoms with Gasteiger partial charge in [0, 0.05) is 5.39 Å². The number of thiazole rings is 1. The summed E-state index contributed by atoms with van der Waals surface area (Å²) in [6.45, 7) is 1.98. The Bertz CT molecular complexity index is 1970. The monoisotopic (exact) mass is 558 g/mol. The highest BCUT2D eigenvalue weighted by Crippen LogP contribution is 2.45. The first kappa shape index (κ1) is 24.8. The maximum atomic E-state index is 14.0. The molecule has 7 rings (SSSR count). The largest absolute Gasteiger partial charge is 0.503 e. The van der Waals surface area contributed by atoms with Gasteiger partial charge in [-0.3, -0.25) is 14.5 Å². The van der Waals surface area contributed by atoms with Crippen molar-refractivity contribution >= 4 is 49.3 Å². The zero-order valence-corrected chi connectivity index (χ0v) is 22.6. The molecule has 1 atom stereocenters. The van der Waals surface area contributed by atoms with Crippen molar-refractivity contribution in [2.24, 2.45) is 0 Å². The number of hydrogen-bond donors (Lipinski definition) is 1. The standard InChI is InChI=1S/C33H22N2O5S/c1-19-14-15-24-27(16-19)41-33(34-24)35-29(21-9-7-12-23(17-21)39-22-10-3-2-4-11-22)28(31(37)32(35)38)30(36)26-18-20-8-5-6-13-25(20)40-26/h2-18,29,37H,1H3/t29-/m0/s1. The van der Waals surface area contributed by atoms with Crippen LogP contribution in [0.3, 0.4) is 0 Å². The molecule has 0 saturated heterocycles. The summed E-state index contributed by atoms with van der Waals surface area (Å²) in [5.41, 5.74) is 2.81. The van der Waals surface area contributed by atoms with Gasteiger partial charge >= 0.3 is 0 Å². The molecular formula is C33H22N2O5S.